The molecule has 0 bridgehead atoms. The van der Waals surface area contributed by atoms with Crippen molar-refractivity contribution in [3.8, 4) is 0 Å². The van der Waals surface area contributed by atoms with Crippen LogP contribution in [-0.2, 0) is 0 Å². The zero-order chi connectivity index (χ0) is 8.39. The molecule has 12 heavy (non-hydrogen) atoms. The lowest BCUT2D eigenvalue weighted by atomic mass is 10.0. The summed E-state index contributed by atoms with van der Waals surface area (Å²) in [6, 6.07) is 0. The van der Waals surface area contributed by atoms with Crippen LogP contribution in [0.4, 0.5) is 0 Å². The Bertz CT molecular complexity index is 139. The molecule has 2 nitrogen and oxygen atoms in total. The van der Waals surface area contributed by atoms with E-state index >= 15 is 0 Å². The summed E-state index contributed by atoms with van der Waals surface area (Å²) >= 11 is 2.15. The van der Waals surface area contributed by atoms with Crippen molar-refractivity contribution in [3.63, 3.8) is 0 Å². The highest BCUT2D eigenvalue weighted by Crippen LogP contribution is 2.35. The second kappa shape index (κ2) is 3.99. The van der Waals surface area contributed by atoms with Gasteiger partial charge in [-0.2, -0.15) is 11.8 Å². The van der Waals surface area contributed by atoms with Crippen LogP contribution in [0.25, 0.3) is 0 Å². The highest BCUT2D eigenvalue weighted by Gasteiger charge is 2.35. The van der Waals surface area contributed by atoms with Crippen LogP contribution >= 0.6 is 11.8 Å². The number of rotatable bonds is 3. The molecule has 1 N–H and O–H groups in total. The zero-order valence-electron chi connectivity index (χ0n) is 7.75. The maximum Gasteiger partial charge on any atom is 0.0107 e. The van der Waals surface area contributed by atoms with Gasteiger partial charge in [-0.25, -0.2) is 0 Å². The Hall–Kier alpha value is 0.270. The molecule has 2 rings (SSSR count). The van der Waals surface area contributed by atoms with Crippen LogP contribution in [0.1, 0.15) is 0 Å². The van der Waals surface area contributed by atoms with E-state index in [4.69, 9.17) is 0 Å². The van der Waals surface area contributed by atoms with Crippen LogP contribution in [-0.4, -0.2) is 49.6 Å². The third-order valence-corrected chi connectivity index (χ3v) is 4.32. The lowest BCUT2D eigenvalue weighted by Gasteiger charge is -2.15. The van der Waals surface area contributed by atoms with Crippen molar-refractivity contribution in [1.29, 1.82) is 0 Å². The van der Waals surface area contributed by atoms with Crippen molar-refractivity contribution in [1.82, 2.24) is 10.2 Å². The highest BCUT2D eigenvalue weighted by molar-refractivity contribution is 7.99. The molecule has 0 saturated carbocycles. The third kappa shape index (κ3) is 1.78. The van der Waals surface area contributed by atoms with E-state index in [1.807, 2.05) is 7.05 Å². The molecule has 2 fully saturated rings. The molecule has 0 aliphatic carbocycles. The minimum atomic E-state index is 1.02. The molecule has 0 radical (unpaired) electrons. The van der Waals surface area contributed by atoms with E-state index in [2.05, 4.69) is 22.0 Å². The van der Waals surface area contributed by atoms with Gasteiger partial charge in [0, 0.05) is 26.2 Å². The fraction of sp³-hybridized carbons (Fsp3) is 1.00. The molecule has 0 aromatic heterocycles. The summed E-state index contributed by atoms with van der Waals surface area (Å²) in [5.74, 6) is 4.88. The standard InChI is InChI=1S/C9H18N2S/c1-10-2-3-11-4-8-6-12-7-9(8)5-11/h8-10H,2-7H2,1H3. The summed E-state index contributed by atoms with van der Waals surface area (Å²) in [7, 11) is 2.03. The molecular weight excluding hydrogens is 168 g/mol. The first kappa shape index (κ1) is 8.85. The smallest absolute Gasteiger partial charge is 0.0107 e. The summed E-state index contributed by atoms with van der Waals surface area (Å²) in [4.78, 5) is 2.62. The van der Waals surface area contributed by atoms with Crippen LogP contribution in [0.2, 0.25) is 0 Å². The van der Waals surface area contributed by atoms with Crippen molar-refractivity contribution in [2.75, 3.05) is 44.7 Å². The SMILES string of the molecule is CNCCN1CC2CSCC2C1. The Morgan fingerprint density at radius 2 is 2.00 bits per heavy atom. The van der Waals surface area contributed by atoms with Crippen LogP contribution < -0.4 is 5.32 Å². The van der Waals surface area contributed by atoms with E-state index in [1.54, 1.807) is 0 Å². The van der Waals surface area contributed by atoms with Crippen molar-refractivity contribution >= 4 is 11.8 Å². The molecule has 0 spiro atoms. The molecule has 2 unspecified atom stereocenters. The first-order valence-electron chi connectivity index (χ1n) is 4.85. The van der Waals surface area contributed by atoms with E-state index < -0.39 is 0 Å². The predicted octanol–water partition coefficient (Wildman–Crippen LogP) is 0.501. The summed E-state index contributed by atoms with van der Waals surface area (Å²) in [5, 5.41) is 3.21. The van der Waals surface area contributed by atoms with E-state index in [9.17, 15) is 0 Å². The Balaban J connectivity index is 1.75. The molecular formula is C9H18N2S. The Morgan fingerprint density at radius 1 is 1.33 bits per heavy atom. The van der Waals surface area contributed by atoms with Crippen LogP contribution in [0.15, 0.2) is 0 Å². The molecule has 2 atom stereocenters. The summed E-state index contributed by atoms with van der Waals surface area (Å²) in [6.45, 7) is 5.11. The second-order valence-electron chi connectivity index (χ2n) is 3.92. The van der Waals surface area contributed by atoms with E-state index in [-0.39, 0.29) is 0 Å². The summed E-state index contributed by atoms with van der Waals surface area (Å²) in [5.41, 5.74) is 0. The quantitative estimate of drug-likeness (QED) is 0.691. The van der Waals surface area contributed by atoms with Gasteiger partial charge in [-0.1, -0.05) is 0 Å². The maximum atomic E-state index is 3.21. The number of likely N-dealkylation sites (N-methyl/N-ethyl adjacent to an activating group) is 1. The van der Waals surface area contributed by atoms with Gasteiger partial charge in [0.1, 0.15) is 0 Å². The molecule has 70 valence electrons. The number of likely N-dealkylation sites (tertiary alicyclic amines) is 1. The van der Waals surface area contributed by atoms with E-state index in [1.165, 1.54) is 31.1 Å². The van der Waals surface area contributed by atoms with Gasteiger partial charge < -0.3 is 10.2 Å². The average Bonchev–Trinajstić information content (AvgIpc) is 2.58. The topological polar surface area (TPSA) is 15.3 Å². The van der Waals surface area contributed by atoms with Gasteiger partial charge >= 0.3 is 0 Å². The zero-order valence-corrected chi connectivity index (χ0v) is 8.57. The molecule has 2 aliphatic rings. The number of nitrogens with zero attached hydrogens (tertiary/aromatic N) is 1. The van der Waals surface area contributed by atoms with Crippen LogP contribution in [0.3, 0.4) is 0 Å². The molecule has 3 heteroatoms. The highest BCUT2D eigenvalue weighted by atomic mass is 32.2. The van der Waals surface area contributed by atoms with Gasteiger partial charge in [-0.15, -0.1) is 0 Å². The van der Waals surface area contributed by atoms with Gasteiger partial charge in [0.15, 0.2) is 0 Å². The third-order valence-electron chi connectivity index (χ3n) is 2.99. The average molecular weight is 186 g/mol. The molecule has 2 heterocycles. The summed E-state index contributed by atoms with van der Waals surface area (Å²) < 4.78 is 0. The lowest BCUT2D eigenvalue weighted by molar-refractivity contribution is 0.325. The first-order chi connectivity index (χ1) is 5.90. The van der Waals surface area contributed by atoms with Crippen molar-refractivity contribution in [3.05, 3.63) is 0 Å². The van der Waals surface area contributed by atoms with Crippen LogP contribution in [0.5, 0.6) is 0 Å². The number of hydrogen-bond donors (Lipinski definition) is 1. The molecule has 2 aliphatic heterocycles. The molecule has 2 saturated heterocycles. The Kier molecular flexibility index (Phi) is 2.94. The van der Waals surface area contributed by atoms with E-state index in [0.29, 0.717) is 0 Å². The van der Waals surface area contributed by atoms with Crippen molar-refractivity contribution in [2.45, 2.75) is 0 Å². The van der Waals surface area contributed by atoms with Gasteiger partial charge in [0.25, 0.3) is 0 Å². The van der Waals surface area contributed by atoms with Crippen LogP contribution in [0, 0.1) is 11.8 Å². The number of nitrogens with one attached hydrogen (secondary N) is 1. The fourth-order valence-electron chi connectivity index (χ4n) is 2.24. The second-order valence-corrected chi connectivity index (χ2v) is 5.00. The van der Waals surface area contributed by atoms with Crippen molar-refractivity contribution < 1.29 is 0 Å². The normalized spacial score (nSPS) is 35.8. The lowest BCUT2D eigenvalue weighted by Crippen LogP contribution is -2.29. The van der Waals surface area contributed by atoms with Gasteiger partial charge in [0.05, 0.1) is 0 Å². The molecule has 0 amide bonds. The maximum absolute atomic E-state index is 3.21. The van der Waals surface area contributed by atoms with Gasteiger partial charge in [0.2, 0.25) is 0 Å². The minimum absolute atomic E-state index is 1.02. The van der Waals surface area contributed by atoms with Gasteiger partial charge in [-0.3, -0.25) is 0 Å². The van der Waals surface area contributed by atoms with Crippen molar-refractivity contribution in [2.24, 2.45) is 11.8 Å². The Morgan fingerprint density at radius 3 is 2.58 bits per heavy atom. The Labute approximate surface area is 79.1 Å². The van der Waals surface area contributed by atoms with E-state index in [0.717, 1.165) is 18.4 Å². The van der Waals surface area contributed by atoms with Gasteiger partial charge in [-0.05, 0) is 30.4 Å². The predicted molar refractivity (Wildman–Crippen MR) is 54.7 cm³/mol. The summed E-state index contributed by atoms with van der Waals surface area (Å²) in [6.07, 6.45) is 0. The number of hydrogen-bond acceptors (Lipinski definition) is 3. The molecule has 0 aromatic carbocycles. The molecule has 0 aromatic rings. The number of fused-ring (bicyclic) bond motifs is 1. The number of thioether (sulfide) groups is 1. The largest absolute Gasteiger partial charge is 0.318 e. The first-order valence-corrected chi connectivity index (χ1v) is 6.00. The minimum Gasteiger partial charge on any atom is -0.318 e. The monoisotopic (exact) mass is 186 g/mol. The fourth-order valence-corrected chi connectivity index (χ4v) is 3.73.